The molecule has 0 amide bonds. The van der Waals surface area contributed by atoms with E-state index in [2.05, 4.69) is 20.3 Å². The first-order valence-electron chi connectivity index (χ1n) is 7.64. The molecule has 0 spiro atoms. The van der Waals surface area contributed by atoms with Crippen LogP contribution in [-0.2, 0) is 0 Å². The van der Waals surface area contributed by atoms with Crippen LogP contribution in [0.2, 0.25) is 0 Å². The summed E-state index contributed by atoms with van der Waals surface area (Å²) >= 11 is 0. The van der Waals surface area contributed by atoms with Crippen molar-refractivity contribution in [3.63, 3.8) is 0 Å². The topological polar surface area (TPSA) is 116 Å². The highest BCUT2D eigenvalue weighted by Crippen LogP contribution is 2.27. The fourth-order valence-corrected chi connectivity index (χ4v) is 2.37. The number of hydrogen-bond donors (Lipinski definition) is 0. The lowest BCUT2D eigenvalue weighted by Gasteiger charge is -2.02. The number of benzene rings is 1. The highest BCUT2D eigenvalue weighted by Gasteiger charge is 2.18. The van der Waals surface area contributed by atoms with E-state index in [9.17, 15) is 14.9 Å². The molecule has 2 aromatic heterocycles. The van der Waals surface area contributed by atoms with Crippen LogP contribution in [0.4, 0.5) is 17.1 Å². The summed E-state index contributed by atoms with van der Waals surface area (Å²) in [7, 11) is 0. The molecule has 0 atom stereocenters. The summed E-state index contributed by atoms with van der Waals surface area (Å²) in [5.74, 6) is -0.301. The van der Waals surface area contributed by atoms with Crippen LogP contribution in [0.25, 0.3) is 0 Å². The Morgan fingerprint density at radius 2 is 1.88 bits per heavy atom. The van der Waals surface area contributed by atoms with E-state index in [1.807, 2.05) is 0 Å². The third-order valence-corrected chi connectivity index (χ3v) is 3.68. The van der Waals surface area contributed by atoms with Crippen molar-refractivity contribution in [3.8, 4) is 0 Å². The van der Waals surface area contributed by atoms with Crippen LogP contribution in [0.1, 0.15) is 21.7 Å². The number of nitro groups is 1. The predicted molar refractivity (Wildman–Crippen MR) is 92.9 cm³/mol. The van der Waals surface area contributed by atoms with Crippen LogP contribution >= 0.6 is 0 Å². The van der Waals surface area contributed by atoms with E-state index in [0.717, 1.165) is 0 Å². The number of pyridine rings is 1. The van der Waals surface area contributed by atoms with E-state index in [1.165, 1.54) is 35.3 Å². The van der Waals surface area contributed by atoms with Gasteiger partial charge in [-0.1, -0.05) is 6.07 Å². The van der Waals surface area contributed by atoms with Crippen molar-refractivity contribution < 1.29 is 9.72 Å². The van der Waals surface area contributed by atoms with Gasteiger partial charge in [-0.2, -0.15) is 14.9 Å². The number of aryl methyl sites for hydroxylation is 1. The molecule has 0 saturated carbocycles. The van der Waals surface area contributed by atoms with Crippen LogP contribution in [0.3, 0.4) is 0 Å². The quantitative estimate of drug-likeness (QED) is 0.402. The molecule has 130 valence electrons. The molecule has 0 aliphatic rings. The lowest BCUT2D eigenvalue weighted by molar-refractivity contribution is -0.384. The number of aromatic nitrogens is 3. The van der Waals surface area contributed by atoms with E-state index in [4.69, 9.17) is 0 Å². The number of rotatable bonds is 4. The minimum atomic E-state index is -0.499. The summed E-state index contributed by atoms with van der Waals surface area (Å²) in [4.78, 5) is 26.8. The number of non-ortho nitro benzene ring substituents is 1. The van der Waals surface area contributed by atoms with Crippen LogP contribution in [-0.4, -0.2) is 25.6 Å². The van der Waals surface area contributed by atoms with Crippen molar-refractivity contribution in [3.05, 3.63) is 75.9 Å². The van der Waals surface area contributed by atoms with Crippen molar-refractivity contribution >= 4 is 23.0 Å². The number of nitrogens with zero attached hydrogens (tertiary/aromatic N) is 6. The highest BCUT2D eigenvalue weighted by atomic mass is 16.6. The molecule has 9 heteroatoms. The monoisotopic (exact) mass is 350 g/mol. The Labute approximate surface area is 148 Å². The zero-order valence-electron chi connectivity index (χ0n) is 14.0. The Morgan fingerprint density at radius 3 is 2.58 bits per heavy atom. The number of carbonyl (C=O) groups excluding carboxylic acids is 1. The number of nitro benzene ring substituents is 1. The van der Waals surface area contributed by atoms with Gasteiger partial charge in [0.25, 0.3) is 11.6 Å². The molecule has 26 heavy (non-hydrogen) atoms. The Morgan fingerprint density at radius 1 is 1.15 bits per heavy atom. The first-order valence-corrected chi connectivity index (χ1v) is 7.64. The van der Waals surface area contributed by atoms with Crippen LogP contribution in [0.15, 0.2) is 59.0 Å². The van der Waals surface area contributed by atoms with E-state index >= 15 is 0 Å². The molecule has 0 aliphatic carbocycles. The Kier molecular flexibility index (Phi) is 4.61. The summed E-state index contributed by atoms with van der Waals surface area (Å²) in [6, 6.07) is 9.03. The second-order valence-electron chi connectivity index (χ2n) is 5.45. The molecule has 0 radical (unpaired) electrons. The molecule has 3 aromatic rings. The summed E-state index contributed by atoms with van der Waals surface area (Å²) in [6.07, 6.45) is 3.06. The molecule has 0 N–H and O–H groups in total. The van der Waals surface area contributed by atoms with Crippen LogP contribution in [0.5, 0.6) is 0 Å². The third-order valence-electron chi connectivity index (χ3n) is 3.68. The second-order valence-corrected chi connectivity index (χ2v) is 5.45. The zero-order valence-corrected chi connectivity index (χ0v) is 14.0. The maximum atomic E-state index is 12.6. The zero-order chi connectivity index (χ0) is 18.7. The average Bonchev–Trinajstić information content (AvgIpc) is 2.94. The van der Waals surface area contributed by atoms with Gasteiger partial charge >= 0.3 is 0 Å². The fraction of sp³-hybridized carbons (Fsp3) is 0.118. The molecular formula is C17H14N6O3. The summed E-state index contributed by atoms with van der Waals surface area (Å²) < 4.78 is 1.26. The minimum Gasteiger partial charge on any atom is -0.267 e. The van der Waals surface area contributed by atoms with E-state index in [1.54, 1.807) is 32.0 Å². The largest absolute Gasteiger partial charge is 0.278 e. The van der Waals surface area contributed by atoms with Crippen LogP contribution < -0.4 is 0 Å². The van der Waals surface area contributed by atoms with Gasteiger partial charge in [-0.3, -0.25) is 19.9 Å². The van der Waals surface area contributed by atoms with E-state index < -0.39 is 4.92 Å². The lowest BCUT2D eigenvalue weighted by Crippen LogP contribution is -2.15. The van der Waals surface area contributed by atoms with Gasteiger partial charge in [0.15, 0.2) is 0 Å². The molecule has 9 nitrogen and oxygen atoms in total. The first-order chi connectivity index (χ1) is 12.5. The average molecular weight is 350 g/mol. The Balaban J connectivity index is 1.92. The summed E-state index contributed by atoms with van der Waals surface area (Å²) in [6.45, 7) is 3.42. The standard InChI is InChI=1S/C17H14N6O3/c1-11-16(20-19-14-4-3-5-15(10-14)23(25)26)12(2)22(21-11)17(24)13-6-8-18-9-7-13/h3-10H,1-2H3. The lowest BCUT2D eigenvalue weighted by atomic mass is 10.2. The SMILES string of the molecule is Cc1nn(C(=O)c2ccncc2)c(C)c1N=Nc1cccc([N+](=O)[O-])c1. The molecule has 0 saturated heterocycles. The molecule has 0 unspecified atom stereocenters. The van der Waals surface area contributed by atoms with E-state index in [-0.39, 0.29) is 11.6 Å². The smallest absolute Gasteiger partial charge is 0.267 e. The van der Waals surface area contributed by atoms with Crippen molar-refractivity contribution in [2.24, 2.45) is 10.2 Å². The minimum absolute atomic E-state index is 0.0709. The van der Waals surface area contributed by atoms with Crippen molar-refractivity contribution in [2.75, 3.05) is 0 Å². The van der Waals surface area contributed by atoms with Gasteiger partial charge in [0.05, 0.1) is 22.0 Å². The van der Waals surface area contributed by atoms with E-state index in [0.29, 0.717) is 28.3 Å². The number of hydrogen-bond acceptors (Lipinski definition) is 7. The number of azo groups is 1. The molecule has 1 aromatic carbocycles. The Hall–Kier alpha value is -3.75. The number of carbonyl (C=O) groups is 1. The van der Waals surface area contributed by atoms with Gasteiger partial charge in [-0.05, 0) is 32.0 Å². The molecular weight excluding hydrogens is 336 g/mol. The van der Waals surface area contributed by atoms with Crippen molar-refractivity contribution in [1.29, 1.82) is 0 Å². The van der Waals surface area contributed by atoms with Crippen molar-refractivity contribution in [1.82, 2.24) is 14.8 Å². The third kappa shape index (κ3) is 3.36. The van der Waals surface area contributed by atoms with Gasteiger partial charge in [-0.25, -0.2) is 0 Å². The first kappa shape index (κ1) is 17.1. The molecule has 2 heterocycles. The fourth-order valence-electron chi connectivity index (χ4n) is 2.37. The molecule has 0 aliphatic heterocycles. The Bertz CT molecular complexity index is 1010. The van der Waals surface area contributed by atoms with Gasteiger partial charge in [-0.15, -0.1) is 5.11 Å². The second kappa shape index (κ2) is 7.01. The maximum absolute atomic E-state index is 12.6. The van der Waals surface area contributed by atoms with Gasteiger partial charge < -0.3 is 0 Å². The van der Waals surface area contributed by atoms with Gasteiger partial charge in [0.2, 0.25) is 0 Å². The molecule has 0 fully saturated rings. The maximum Gasteiger partial charge on any atom is 0.278 e. The van der Waals surface area contributed by atoms with Crippen molar-refractivity contribution in [2.45, 2.75) is 13.8 Å². The summed E-state index contributed by atoms with van der Waals surface area (Å²) in [5.41, 5.74) is 2.22. The normalized spacial score (nSPS) is 11.0. The predicted octanol–water partition coefficient (Wildman–Crippen LogP) is 3.91. The summed E-state index contributed by atoms with van der Waals surface area (Å²) in [5, 5.41) is 23.2. The van der Waals surface area contributed by atoms with Gasteiger partial charge in [0, 0.05) is 30.1 Å². The van der Waals surface area contributed by atoms with Gasteiger partial charge in [0.1, 0.15) is 5.69 Å². The molecule has 3 rings (SSSR count). The van der Waals surface area contributed by atoms with Crippen LogP contribution in [0, 0.1) is 24.0 Å². The molecule has 0 bridgehead atoms. The highest BCUT2D eigenvalue weighted by molar-refractivity contribution is 5.96.